The van der Waals surface area contributed by atoms with Gasteiger partial charge < -0.3 is 16.0 Å². The third-order valence-electron chi connectivity index (χ3n) is 4.44. The number of likely N-dealkylation sites (tertiary alicyclic amines) is 1. The average molecular weight is 355 g/mol. The summed E-state index contributed by atoms with van der Waals surface area (Å²) in [4.78, 5) is 37.8. The number of Topliss-reactive ketones (excluding diaryl/α,β-unsaturated/α-hetero) is 1. The largest absolute Gasteiger partial charge is 0.383 e. The summed E-state index contributed by atoms with van der Waals surface area (Å²) in [5, 5.41) is 6.69. The zero-order valence-electron chi connectivity index (χ0n) is 14.5. The van der Waals surface area contributed by atoms with E-state index in [1.165, 1.54) is 22.7 Å². The van der Waals surface area contributed by atoms with E-state index < -0.39 is 6.04 Å². The molecule has 2 aromatic rings. The van der Waals surface area contributed by atoms with E-state index in [2.05, 4.69) is 10.4 Å². The number of carbonyl (C=O) groups is 3. The monoisotopic (exact) mass is 355 g/mol. The Morgan fingerprint density at radius 3 is 2.69 bits per heavy atom. The van der Waals surface area contributed by atoms with Gasteiger partial charge in [0, 0.05) is 13.5 Å². The van der Waals surface area contributed by atoms with Gasteiger partial charge in [-0.2, -0.15) is 5.10 Å². The summed E-state index contributed by atoms with van der Waals surface area (Å²) >= 11 is 0. The minimum absolute atomic E-state index is 0.113. The second-order valence-electron chi connectivity index (χ2n) is 6.21. The van der Waals surface area contributed by atoms with E-state index in [-0.39, 0.29) is 30.0 Å². The molecule has 3 rings (SSSR count). The summed E-state index contributed by atoms with van der Waals surface area (Å²) < 4.78 is 1.51. The number of benzene rings is 1. The number of aromatic nitrogens is 2. The number of rotatable bonds is 5. The Labute approximate surface area is 151 Å². The molecule has 1 unspecified atom stereocenters. The molecule has 1 atom stereocenters. The molecule has 8 nitrogen and oxygen atoms in total. The lowest BCUT2D eigenvalue weighted by molar-refractivity contribution is -0.132. The fourth-order valence-electron chi connectivity index (χ4n) is 3.14. The van der Waals surface area contributed by atoms with Crippen LogP contribution in [-0.2, 0) is 9.59 Å². The van der Waals surface area contributed by atoms with Gasteiger partial charge in [-0.15, -0.1) is 0 Å². The number of ketones is 1. The van der Waals surface area contributed by atoms with Gasteiger partial charge in [0.15, 0.2) is 5.78 Å². The van der Waals surface area contributed by atoms with Crippen LogP contribution in [0.5, 0.6) is 0 Å². The van der Waals surface area contributed by atoms with Gasteiger partial charge in [-0.25, -0.2) is 4.68 Å². The van der Waals surface area contributed by atoms with Crippen molar-refractivity contribution < 1.29 is 14.4 Å². The molecule has 3 N–H and O–H groups in total. The van der Waals surface area contributed by atoms with Gasteiger partial charge in [0.05, 0.1) is 30.0 Å². The van der Waals surface area contributed by atoms with Crippen molar-refractivity contribution in [2.24, 2.45) is 0 Å². The topological polar surface area (TPSA) is 110 Å². The maximum Gasteiger partial charge on any atom is 0.242 e. The highest BCUT2D eigenvalue weighted by atomic mass is 16.2. The highest BCUT2D eigenvalue weighted by molar-refractivity contribution is 6.05. The van der Waals surface area contributed by atoms with Crippen molar-refractivity contribution >= 4 is 23.4 Å². The number of amides is 2. The first-order valence-corrected chi connectivity index (χ1v) is 8.46. The highest BCUT2D eigenvalue weighted by Gasteiger charge is 2.36. The maximum atomic E-state index is 13.0. The van der Waals surface area contributed by atoms with Crippen LogP contribution in [0.3, 0.4) is 0 Å². The quantitative estimate of drug-likeness (QED) is 0.770. The van der Waals surface area contributed by atoms with Crippen LogP contribution in [0, 0.1) is 0 Å². The minimum Gasteiger partial charge on any atom is -0.383 e. The SMILES string of the molecule is CC(=O)NCC(=O)N1CCCC1C(=O)c1cnn(-c2ccccc2)c1N. The normalized spacial score (nSPS) is 16.5. The van der Waals surface area contributed by atoms with Crippen LogP contribution in [0.4, 0.5) is 5.82 Å². The molecule has 0 aliphatic carbocycles. The Morgan fingerprint density at radius 2 is 2.00 bits per heavy atom. The molecular formula is C18H21N5O3. The van der Waals surface area contributed by atoms with Crippen molar-refractivity contribution in [1.29, 1.82) is 0 Å². The zero-order valence-corrected chi connectivity index (χ0v) is 14.5. The fraction of sp³-hybridized carbons (Fsp3) is 0.333. The van der Waals surface area contributed by atoms with Crippen LogP contribution in [0.15, 0.2) is 36.5 Å². The predicted molar refractivity (Wildman–Crippen MR) is 95.7 cm³/mol. The fourth-order valence-corrected chi connectivity index (χ4v) is 3.14. The minimum atomic E-state index is -0.577. The van der Waals surface area contributed by atoms with E-state index in [1.807, 2.05) is 30.3 Å². The van der Waals surface area contributed by atoms with Crippen molar-refractivity contribution in [2.45, 2.75) is 25.8 Å². The summed E-state index contributed by atoms with van der Waals surface area (Å²) in [6.07, 6.45) is 2.75. The lowest BCUT2D eigenvalue weighted by atomic mass is 10.0. The van der Waals surface area contributed by atoms with Crippen LogP contribution in [0.2, 0.25) is 0 Å². The molecular weight excluding hydrogens is 334 g/mol. The Bertz CT molecular complexity index is 831. The maximum absolute atomic E-state index is 13.0. The van der Waals surface area contributed by atoms with Gasteiger partial charge in [-0.1, -0.05) is 18.2 Å². The molecule has 8 heteroatoms. The van der Waals surface area contributed by atoms with Gasteiger partial charge in [0.25, 0.3) is 0 Å². The van der Waals surface area contributed by atoms with Crippen molar-refractivity contribution in [1.82, 2.24) is 20.0 Å². The number of nitrogen functional groups attached to an aromatic ring is 1. The Morgan fingerprint density at radius 1 is 1.27 bits per heavy atom. The number of hydrogen-bond donors (Lipinski definition) is 2. The molecule has 1 saturated heterocycles. The molecule has 2 heterocycles. The van der Waals surface area contributed by atoms with Crippen LogP contribution in [-0.4, -0.2) is 51.4 Å². The van der Waals surface area contributed by atoms with Gasteiger partial charge in [-0.3, -0.25) is 14.4 Å². The second kappa shape index (κ2) is 7.38. The lowest BCUT2D eigenvalue weighted by Crippen LogP contribution is -2.45. The average Bonchev–Trinajstić information content (AvgIpc) is 3.27. The van der Waals surface area contributed by atoms with Crippen LogP contribution >= 0.6 is 0 Å². The zero-order chi connectivity index (χ0) is 18.7. The summed E-state index contributed by atoms with van der Waals surface area (Å²) in [7, 11) is 0. The molecule has 1 aromatic heterocycles. The molecule has 2 amide bonds. The van der Waals surface area contributed by atoms with Crippen molar-refractivity contribution in [3.8, 4) is 5.69 Å². The van der Waals surface area contributed by atoms with E-state index in [9.17, 15) is 14.4 Å². The van der Waals surface area contributed by atoms with Crippen LogP contribution < -0.4 is 11.1 Å². The van der Waals surface area contributed by atoms with Crippen molar-refractivity contribution in [3.63, 3.8) is 0 Å². The van der Waals surface area contributed by atoms with E-state index in [0.29, 0.717) is 18.5 Å². The lowest BCUT2D eigenvalue weighted by Gasteiger charge is -2.23. The standard InChI is InChI=1S/C18H21N5O3/c1-12(24)20-11-16(25)22-9-5-8-15(22)17(26)14-10-21-23(18(14)19)13-6-3-2-4-7-13/h2-4,6-7,10,15H,5,8-9,11,19H2,1H3,(H,20,24). The van der Waals surface area contributed by atoms with Crippen LogP contribution in [0.1, 0.15) is 30.1 Å². The number of para-hydroxylation sites is 1. The van der Waals surface area contributed by atoms with Gasteiger partial charge in [0.1, 0.15) is 5.82 Å². The molecule has 0 spiro atoms. The van der Waals surface area contributed by atoms with Gasteiger partial charge >= 0.3 is 0 Å². The molecule has 0 saturated carbocycles. The molecule has 1 aliphatic rings. The molecule has 0 radical (unpaired) electrons. The first-order chi connectivity index (χ1) is 12.5. The molecule has 1 aliphatic heterocycles. The number of nitrogens with two attached hydrogens (primary N) is 1. The van der Waals surface area contributed by atoms with E-state index in [1.54, 1.807) is 0 Å². The van der Waals surface area contributed by atoms with Gasteiger partial charge in [0.2, 0.25) is 11.8 Å². The Hall–Kier alpha value is -3.16. The van der Waals surface area contributed by atoms with E-state index in [4.69, 9.17) is 5.73 Å². The van der Waals surface area contributed by atoms with Crippen LogP contribution in [0.25, 0.3) is 5.69 Å². The number of hydrogen-bond acceptors (Lipinski definition) is 5. The third-order valence-corrected chi connectivity index (χ3v) is 4.44. The number of anilines is 1. The number of carbonyl (C=O) groups excluding carboxylic acids is 3. The van der Waals surface area contributed by atoms with Crippen molar-refractivity contribution in [2.75, 3.05) is 18.8 Å². The Balaban J connectivity index is 1.79. The number of nitrogens with zero attached hydrogens (tertiary/aromatic N) is 3. The second-order valence-corrected chi connectivity index (χ2v) is 6.21. The summed E-state index contributed by atoms with van der Waals surface area (Å²) in [6, 6.07) is 8.71. The van der Waals surface area contributed by atoms with Gasteiger partial charge in [-0.05, 0) is 25.0 Å². The molecule has 136 valence electrons. The molecule has 26 heavy (non-hydrogen) atoms. The summed E-state index contributed by atoms with van der Waals surface area (Å²) in [6.45, 7) is 1.72. The third kappa shape index (κ3) is 3.44. The first kappa shape index (κ1) is 17.7. The molecule has 0 bridgehead atoms. The highest BCUT2D eigenvalue weighted by Crippen LogP contribution is 2.25. The smallest absolute Gasteiger partial charge is 0.242 e. The summed E-state index contributed by atoms with van der Waals surface area (Å²) in [5.74, 6) is -0.528. The molecule has 1 fully saturated rings. The number of nitrogens with one attached hydrogen (secondary N) is 1. The molecule has 1 aromatic carbocycles. The van der Waals surface area contributed by atoms with E-state index >= 15 is 0 Å². The predicted octanol–water partition coefficient (Wildman–Crippen LogP) is 0.764. The summed E-state index contributed by atoms with van der Waals surface area (Å²) in [5.41, 5.74) is 7.21. The Kier molecular flexibility index (Phi) is 5.01. The van der Waals surface area contributed by atoms with Crippen molar-refractivity contribution in [3.05, 3.63) is 42.1 Å². The first-order valence-electron chi connectivity index (χ1n) is 8.46. The van der Waals surface area contributed by atoms with E-state index in [0.717, 1.165) is 12.1 Å².